The molecule has 1 aromatic rings. The molecule has 0 heterocycles. The molecule has 0 aliphatic heterocycles. The van der Waals surface area contributed by atoms with Gasteiger partial charge >= 0.3 is 0 Å². The van der Waals surface area contributed by atoms with E-state index in [1.165, 1.54) is 22.3 Å². The monoisotopic (exact) mass is 251 g/mol. The first kappa shape index (κ1) is 14.6. The van der Waals surface area contributed by atoms with Crippen molar-refractivity contribution >= 4 is 11.8 Å². The van der Waals surface area contributed by atoms with Crippen LogP contribution in [-0.2, 0) is 6.54 Å². The van der Waals surface area contributed by atoms with Crippen LogP contribution in [0.25, 0.3) is 0 Å². The maximum atomic E-state index is 3.56. The summed E-state index contributed by atoms with van der Waals surface area (Å²) in [5.41, 5.74) is 5.58. The van der Waals surface area contributed by atoms with E-state index in [-0.39, 0.29) is 0 Å². The zero-order valence-electron chi connectivity index (χ0n) is 12.0. The molecule has 0 unspecified atom stereocenters. The molecule has 1 rings (SSSR count). The number of benzene rings is 1. The van der Waals surface area contributed by atoms with Crippen molar-refractivity contribution in [2.45, 2.75) is 45.9 Å². The molecule has 0 aromatic heterocycles. The van der Waals surface area contributed by atoms with Gasteiger partial charge in [-0.05, 0) is 63.1 Å². The fraction of sp³-hybridized carbons (Fsp3) is 0.600. The van der Waals surface area contributed by atoms with Crippen molar-refractivity contribution in [2.75, 3.05) is 12.8 Å². The first-order chi connectivity index (χ1) is 7.85. The summed E-state index contributed by atoms with van der Waals surface area (Å²) in [4.78, 5) is 0. The van der Waals surface area contributed by atoms with Gasteiger partial charge in [0.2, 0.25) is 0 Å². The van der Waals surface area contributed by atoms with Crippen LogP contribution in [0.1, 0.15) is 36.1 Å². The summed E-state index contributed by atoms with van der Waals surface area (Å²) >= 11 is 1.91. The summed E-state index contributed by atoms with van der Waals surface area (Å²) in [6.45, 7) is 13.1. The van der Waals surface area contributed by atoms with Crippen molar-refractivity contribution in [3.05, 3.63) is 34.4 Å². The summed E-state index contributed by atoms with van der Waals surface area (Å²) in [6.07, 6.45) is 2.17. The molecular formula is C15H25NS. The van der Waals surface area contributed by atoms with Gasteiger partial charge in [-0.15, -0.1) is 0 Å². The molecule has 1 nitrogen and oxygen atoms in total. The molecule has 0 atom stereocenters. The molecule has 0 spiro atoms. The van der Waals surface area contributed by atoms with Gasteiger partial charge in [-0.1, -0.05) is 12.1 Å². The maximum absolute atomic E-state index is 3.56. The fourth-order valence-electron chi connectivity index (χ4n) is 1.78. The first-order valence-electron chi connectivity index (χ1n) is 6.18. The second-order valence-electron chi connectivity index (χ2n) is 5.43. The fourth-order valence-corrected chi connectivity index (χ4v) is 2.03. The zero-order valence-corrected chi connectivity index (χ0v) is 12.8. The normalized spacial score (nSPS) is 11.9. The van der Waals surface area contributed by atoms with Crippen LogP contribution in [0.4, 0.5) is 0 Å². The molecule has 0 fully saturated rings. The molecular weight excluding hydrogens is 226 g/mol. The molecule has 17 heavy (non-hydrogen) atoms. The number of thioether (sulfide) groups is 1. The van der Waals surface area contributed by atoms with Gasteiger partial charge in [0.1, 0.15) is 0 Å². The van der Waals surface area contributed by atoms with E-state index in [9.17, 15) is 0 Å². The number of aryl methyl sites for hydroxylation is 3. The lowest BCUT2D eigenvalue weighted by Crippen LogP contribution is -2.31. The van der Waals surface area contributed by atoms with Crippen molar-refractivity contribution in [2.24, 2.45) is 0 Å². The van der Waals surface area contributed by atoms with E-state index in [0.29, 0.717) is 4.75 Å². The van der Waals surface area contributed by atoms with E-state index >= 15 is 0 Å². The summed E-state index contributed by atoms with van der Waals surface area (Å²) in [5, 5.41) is 3.56. The minimum atomic E-state index is 0.313. The first-order valence-corrected chi connectivity index (χ1v) is 7.41. The summed E-state index contributed by atoms with van der Waals surface area (Å²) in [7, 11) is 0. The van der Waals surface area contributed by atoms with Crippen LogP contribution in [0.15, 0.2) is 12.1 Å². The van der Waals surface area contributed by atoms with Gasteiger partial charge < -0.3 is 5.32 Å². The Bertz CT molecular complexity index is 383. The van der Waals surface area contributed by atoms with Crippen molar-refractivity contribution in [3.63, 3.8) is 0 Å². The molecule has 0 saturated heterocycles. The Balaban J connectivity index is 2.61. The number of nitrogens with one attached hydrogen (secondary N) is 1. The average molecular weight is 251 g/mol. The lowest BCUT2D eigenvalue weighted by molar-refractivity contribution is 0.590. The Hall–Kier alpha value is -0.470. The highest BCUT2D eigenvalue weighted by Crippen LogP contribution is 2.20. The molecule has 0 aliphatic rings. The Kier molecular flexibility index (Phi) is 5.08. The van der Waals surface area contributed by atoms with Gasteiger partial charge in [-0.3, -0.25) is 0 Å². The number of hydrogen-bond donors (Lipinski definition) is 1. The van der Waals surface area contributed by atoms with E-state index in [0.717, 1.165) is 13.1 Å². The molecule has 0 bridgehead atoms. The molecule has 0 saturated carbocycles. The third kappa shape index (κ3) is 4.36. The van der Waals surface area contributed by atoms with Crippen LogP contribution >= 0.6 is 11.8 Å². The van der Waals surface area contributed by atoms with Gasteiger partial charge in [0.25, 0.3) is 0 Å². The molecule has 96 valence electrons. The number of rotatable bonds is 5. The van der Waals surface area contributed by atoms with Crippen molar-refractivity contribution in [3.8, 4) is 0 Å². The van der Waals surface area contributed by atoms with Gasteiger partial charge in [-0.2, -0.15) is 11.8 Å². The summed E-state index contributed by atoms with van der Waals surface area (Å²) in [6, 6.07) is 4.59. The van der Waals surface area contributed by atoms with Crippen molar-refractivity contribution < 1.29 is 0 Å². The topological polar surface area (TPSA) is 12.0 Å². The van der Waals surface area contributed by atoms with Gasteiger partial charge in [0.15, 0.2) is 0 Å². The van der Waals surface area contributed by atoms with Crippen LogP contribution in [0, 0.1) is 20.8 Å². The second-order valence-corrected chi connectivity index (χ2v) is 6.94. The molecule has 0 amide bonds. The number of hydrogen-bond acceptors (Lipinski definition) is 2. The quantitative estimate of drug-likeness (QED) is 0.853. The zero-order chi connectivity index (χ0) is 13.1. The Morgan fingerprint density at radius 3 is 2.24 bits per heavy atom. The minimum Gasteiger partial charge on any atom is -0.311 e. The van der Waals surface area contributed by atoms with Crippen LogP contribution in [0.2, 0.25) is 0 Å². The second kappa shape index (κ2) is 5.92. The Morgan fingerprint density at radius 1 is 1.06 bits per heavy atom. The maximum Gasteiger partial charge on any atom is 0.0225 e. The van der Waals surface area contributed by atoms with Crippen molar-refractivity contribution in [1.82, 2.24) is 5.32 Å². The predicted molar refractivity (Wildman–Crippen MR) is 80.0 cm³/mol. The third-order valence-corrected chi connectivity index (χ3v) is 4.62. The van der Waals surface area contributed by atoms with Crippen LogP contribution in [0.3, 0.4) is 0 Å². The summed E-state index contributed by atoms with van der Waals surface area (Å²) in [5.74, 6) is 0. The van der Waals surface area contributed by atoms with Gasteiger partial charge in [-0.25, -0.2) is 0 Å². The molecule has 2 heteroatoms. The van der Waals surface area contributed by atoms with Crippen LogP contribution < -0.4 is 5.32 Å². The van der Waals surface area contributed by atoms with E-state index in [1.54, 1.807) is 0 Å². The summed E-state index contributed by atoms with van der Waals surface area (Å²) < 4.78 is 0.313. The average Bonchev–Trinajstić information content (AvgIpc) is 2.25. The van der Waals surface area contributed by atoms with E-state index in [4.69, 9.17) is 0 Å². The minimum absolute atomic E-state index is 0.313. The van der Waals surface area contributed by atoms with Crippen molar-refractivity contribution in [1.29, 1.82) is 0 Å². The highest BCUT2D eigenvalue weighted by molar-refractivity contribution is 7.99. The third-order valence-electron chi connectivity index (χ3n) is 3.37. The molecule has 1 aromatic carbocycles. The highest BCUT2D eigenvalue weighted by Gasteiger charge is 2.14. The standard InChI is InChI=1S/C15H25NS/c1-11-7-13(3)14(8-12(11)2)9-16-10-15(4,5)17-6/h7-8,16H,9-10H2,1-6H3. The highest BCUT2D eigenvalue weighted by atomic mass is 32.2. The van der Waals surface area contributed by atoms with Crippen LogP contribution in [0.5, 0.6) is 0 Å². The molecule has 1 N–H and O–H groups in total. The van der Waals surface area contributed by atoms with Gasteiger partial charge in [0.05, 0.1) is 0 Å². The smallest absolute Gasteiger partial charge is 0.0225 e. The van der Waals surface area contributed by atoms with E-state index in [1.807, 2.05) is 11.8 Å². The largest absolute Gasteiger partial charge is 0.311 e. The van der Waals surface area contributed by atoms with E-state index in [2.05, 4.69) is 58.3 Å². The Morgan fingerprint density at radius 2 is 1.65 bits per heavy atom. The molecule has 0 radical (unpaired) electrons. The lowest BCUT2D eigenvalue weighted by atomic mass is 10.0. The lowest BCUT2D eigenvalue weighted by Gasteiger charge is -2.22. The SMILES string of the molecule is CSC(C)(C)CNCc1cc(C)c(C)cc1C. The predicted octanol–water partition coefficient (Wildman–Crippen LogP) is 3.84. The van der Waals surface area contributed by atoms with Crippen LogP contribution in [-0.4, -0.2) is 17.5 Å². The molecule has 0 aliphatic carbocycles. The van der Waals surface area contributed by atoms with Gasteiger partial charge in [0, 0.05) is 17.8 Å². The Labute approximate surface area is 110 Å². The van der Waals surface area contributed by atoms with E-state index < -0.39 is 0 Å².